The summed E-state index contributed by atoms with van der Waals surface area (Å²) in [6.45, 7) is 3.18. The number of anilines is 1. The number of β-amino-alcohol motifs (C(OH)–C–C–N with tert-alkyl or cyclic N) is 1. The second kappa shape index (κ2) is 8.16. The number of piperazine rings is 1. The van der Waals surface area contributed by atoms with Gasteiger partial charge in [0.1, 0.15) is 0 Å². The van der Waals surface area contributed by atoms with Crippen molar-refractivity contribution in [1.82, 2.24) is 9.80 Å². The fraction of sp³-hybridized carbons (Fsp3) is 0.579. The Morgan fingerprint density at radius 1 is 1.15 bits per heavy atom. The van der Waals surface area contributed by atoms with Gasteiger partial charge in [-0.3, -0.25) is 14.5 Å². The molecule has 2 amide bonds. The van der Waals surface area contributed by atoms with Gasteiger partial charge >= 0.3 is 0 Å². The normalized spacial score (nSPS) is 25.0. The van der Waals surface area contributed by atoms with E-state index in [1.807, 2.05) is 35.2 Å². The summed E-state index contributed by atoms with van der Waals surface area (Å²) in [7, 11) is 1.60. The fourth-order valence-corrected chi connectivity index (χ4v) is 3.73. The van der Waals surface area contributed by atoms with Crippen molar-refractivity contribution in [1.29, 1.82) is 0 Å². The Hall–Kier alpha value is -1.96. The lowest BCUT2D eigenvalue weighted by Crippen LogP contribution is -2.61. The summed E-state index contributed by atoms with van der Waals surface area (Å²) < 4.78 is 5.04. The third kappa shape index (κ3) is 4.06. The zero-order valence-corrected chi connectivity index (χ0v) is 15.3. The Morgan fingerprint density at radius 3 is 2.62 bits per heavy atom. The van der Waals surface area contributed by atoms with Gasteiger partial charge in [0.2, 0.25) is 5.91 Å². The van der Waals surface area contributed by atoms with Crippen LogP contribution in [0.2, 0.25) is 0 Å². The zero-order chi connectivity index (χ0) is 18.6. The average molecular weight is 361 g/mol. The lowest BCUT2D eigenvalue weighted by atomic mass is 9.91. The van der Waals surface area contributed by atoms with E-state index < -0.39 is 5.60 Å². The third-order valence-corrected chi connectivity index (χ3v) is 5.12. The number of amides is 2. The van der Waals surface area contributed by atoms with Crippen LogP contribution in [0.4, 0.5) is 5.69 Å². The third-order valence-electron chi connectivity index (χ3n) is 5.12. The molecule has 7 nitrogen and oxygen atoms in total. The highest BCUT2D eigenvalue weighted by Gasteiger charge is 2.44. The summed E-state index contributed by atoms with van der Waals surface area (Å²) in [5.74, 6) is -0.260. The number of carbonyl (C=O) groups is 2. The van der Waals surface area contributed by atoms with Crippen LogP contribution >= 0.6 is 0 Å². The topological polar surface area (TPSA) is 73.3 Å². The van der Waals surface area contributed by atoms with E-state index in [0.717, 1.165) is 12.1 Å². The molecule has 0 radical (unpaired) electrons. The van der Waals surface area contributed by atoms with E-state index >= 15 is 0 Å². The minimum Gasteiger partial charge on any atom is -0.383 e. The van der Waals surface area contributed by atoms with Crippen LogP contribution in [0.25, 0.3) is 0 Å². The highest BCUT2D eigenvalue weighted by Crippen LogP contribution is 2.25. The van der Waals surface area contributed by atoms with Crippen LogP contribution in [0.5, 0.6) is 0 Å². The lowest BCUT2D eigenvalue weighted by molar-refractivity contribution is -0.160. The zero-order valence-electron chi connectivity index (χ0n) is 15.3. The minimum atomic E-state index is -1.42. The smallest absolute Gasteiger partial charge is 0.255 e. The van der Waals surface area contributed by atoms with Gasteiger partial charge in [0, 0.05) is 45.5 Å². The number of aliphatic hydroxyl groups is 1. The maximum atomic E-state index is 12.7. The van der Waals surface area contributed by atoms with E-state index in [9.17, 15) is 14.7 Å². The van der Waals surface area contributed by atoms with Crippen LogP contribution in [-0.4, -0.2) is 85.3 Å². The highest BCUT2D eigenvalue weighted by atomic mass is 16.5. The lowest BCUT2D eigenvalue weighted by Gasteiger charge is -2.42. The number of methoxy groups -OCH3 is 1. The average Bonchev–Trinajstić information content (AvgIpc) is 2.64. The van der Waals surface area contributed by atoms with Crippen molar-refractivity contribution in [2.45, 2.75) is 18.4 Å². The highest BCUT2D eigenvalue weighted by molar-refractivity contribution is 5.95. The minimum absolute atomic E-state index is 0.00875. The van der Waals surface area contributed by atoms with Crippen LogP contribution in [0.1, 0.15) is 12.8 Å². The van der Waals surface area contributed by atoms with Gasteiger partial charge in [0.05, 0.1) is 13.2 Å². The molecule has 26 heavy (non-hydrogen) atoms. The van der Waals surface area contributed by atoms with Gasteiger partial charge in [-0.05, 0) is 25.0 Å². The predicted molar refractivity (Wildman–Crippen MR) is 97.9 cm³/mol. The number of ether oxygens (including phenoxy) is 1. The number of piperidine rings is 1. The summed E-state index contributed by atoms with van der Waals surface area (Å²) in [4.78, 5) is 30.5. The molecule has 1 N–H and O–H groups in total. The van der Waals surface area contributed by atoms with Crippen molar-refractivity contribution in [3.05, 3.63) is 30.3 Å². The van der Waals surface area contributed by atoms with Gasteiger partial charge in [-0.15, -0.1) is 0 Å². The van der Waals surface area contributed by atoms with Gasteiger partial charge in [-0.1, -0.05) is 18.2 Å². The molecule has 2 aliphatic rings. The first kappa shape index (κ1) is 18.8. The summed E-state index contributed by atoms with van der Waals surface area (Å²) in [6, 6.07) is 9.57. The number of likely N-dealkylation sites (tertiary alicyclic amines) is 1. The van der Waals surface area contributed by atoms with Crippen molar-refractivity contribution < 1.29 is 19.4 Å². The Labute approximate surface area is 154 Å². The van der Waals surface area contributed by atoms with Crippen molar-refractivity contribution >= 4 is 17.5 Å². The summed E-state index contributed by atoms with van der Waals surface area (Å²) >= 11 is 0. The van der Waals surface area contributed by atoms with Crippen LogP contribution in [0, 0.1) is 0 Å². The Bertz CT molecular complexity index is 639. The van der Waals surface area contributed by atoms with E-state index in [4.69, 9.17) is 4.74 Å². The molecule has 3 rings (SSSR count). The molecule has 142 valence electrons. The number of carbonyl (C=O) groups excluding carboxylic acids is 2. The molecule has 2 saturated heterocycles. The molecule has 0 aromatic heterocycles. The molecule has 7 heteroatoms. The molecule has 1 aromatic carbocycles. The maximum Gasteiger partial charge on any atom is 0.255 e. The Kier molecular flexibility index (Phi) is 5.90. The molecule has 2 fully saturated rings. The number of hydrogen-bond acceptors (Lipinski definition) is 5. The molecule has 0 saturated carbocycles. The Morgan fingerprint density at radius 2 is 1.92 bits per heavy atom. The first-order chi connectivity index (χ1) is 12.5. The molecule has 0 aliphatic carbocycles. The summed E-state index contributed by atoms with van der Waals surface area (Å²) in [5.41, 5.74) is -0.531. The molecule has 0 bridgehead atoms. The van der Waals surface area contributed by atoms with Crippen molar-refractivity contribution in [2.24, 2.45) is 0 Å². The Balaban J connectivity index is 1.61. The van der Waals surface area contributed by atoms with Crippen molar-refractivity contribution in [3.63, 3.8) is 0 Å². The fourth-order valence-electron chi connectivity index (χ4n) is 3.73. The maximum absolute atomic E-state index is 12.7. The van der Waals surface area contributed by atoms with Crippen LogP contribution in [0.3, 0.4) is 0 Å². The first-order valence-electron chi connectivity index (χ1n) is 9.12. The molecule has 1 aromatic rings. The number of hydrogen-bond donors (Lipinski definition) is 1. The molecule has 0 unspecified atom stereocenters. The molecular weight excluding hydrogens is 334 g/mol. The van der Waals surface area contributed by atoms with E-state index in [2.05, 4.69) is 0 Å². The number of benzene rings is 1. The largest absolute Gasteiger partial charge is 0.383 e. The number of rotatable bonds is 6. The SMILES string of the molecule is COCCN1CCC[C@@](O)(CN2CCN(c3ccccc3)C(=O)C2)C1=O. The second-order valence-corrected chi connectivity index (χ2v) is 7.01. The van der Waals surface area contributed by atoms with Gasteiger partial charge in [0.15, 0.2) is 5.60 Å². The second-order valence-electron chi connectivity index (χ2n) is 7.01. The van der Waals surface area contributed by atoms with Crippen LogP contribution < -0.4 is 4.90 Å². The summed E-state index contributed by atoms with van der Waals surface area (Å²) in [5, 5.41) is 10.9. The van der Waals surface area contributed by atoms with Gasteiger partial charge in [0.25, 0.3) is 5.91 Å². The van der Waals surface area contributed by atoms with Crippen LogP contribution in [0.15, 0.2) is 30.3 Å². The van der Waals surface area contributed by atoms with Gasteiger partial charge in [-0.2, -0.15) is 0 Å². The number of para-hydroxylation sites is 1. The van der Waals surface area contributed by atoms with Crippen LogP contribution in [-0.2, 0) is 14.3 Å². The molecule has 2 heterocycles. The van der Waals surface area contributed by atoms with Gasteiger partial charge in [-0.25, -0.2) is 0 Å². The van der Waals surface area contributed by atoms with E-state index in [1.54, 1.807) is 16.9 Å². The molecule has 1 atom stereocenters. The predicted octanol–water partition coefficient (Wildman–Crippen LogP) is 0.335. The quantitative estimate of drug-likeness (QED) is 0.791. The molecule has 0 spiro atoms. The van der Waals surface area contributed by atoms with Gasteiger partial charge < -0.3 is 19.6 Å². The first-order valence-corrected chi connectivity index (χ1v) is 9.12. The van der Waals surface area contributed by atoms with Crippen molar-refractivity contribution in [3.8, 4) is 0 Å². The van der Waals surface area contributed by atoms with Crippen molar-refractivity contribution in [2.75, 3.05) is 57.9 Å². The number of nitrogens with zero attached hydrogens (tertiary/aromatic N) is 3. The molecule has 2 aliphatic heterocycles. The monoisotopic (exact) mass is 361 g/mol. The van der Waals surface area contributed by atoms with E-state index in [-0.39, 0.29) is 24.9 Å². The van der Waals surface area contributed by atoms with E-state index in [1.165, 1.54) is 0 Å². The summed E-state index contributed by atoms with van der Waals surface area (Å²) in [6.07, 6.45) is 1.19. The standard InChI is InChI=1S/C19H27N3O4/c1-26-13-12-21-9-5-8-19(25,18(21)24)15-20-10-11-22(17(23)14-20)16-6-3-2-4-7-16/h2-4,6-7,25H,5,8-15H2,1H3/t19-/m1/s1. The van der Waals surface area contributed by atoms with E-state index in [0.29, 0.717) is 39.2 Å². The molecular formula is C19H27N3O4.